The topological polar surface area (TPSA) is 50.3 Å². The molecule has 0 bridgehead atoms. The highest BCUT2D eigenvalue weighted by atomic mass is 32.3. The van der Waals surface area contributed by atoms with Gasteiger partial charge in [0.05, 0.1) is 6.20 Å². The number of aromatic nitrogens is 1. The highest BCUT2D eigenvalue weighted by Gasteiger charge is 2.16. The second-order valence-corrected chi connectivity index (χ2v) is 4.83. The molecule has 15 heavy (non-hydrogen) atoms. The van der Waals surface area contributed by atoms with Gasteiger partial charge in [0.15, 0.2) is 0 Å². The SMILES string of the molecule is O=S(=O)(F)c1ccc(N2CCCC2)nc1. The monoisotopic (exact) mass is 230 g/mol. The van der Waals surface area contributed by atoms with Crippen LogP contribution in [0, 0.1) is 0 Å². The number of anilines is 1. The van der Waals surface area contributed by atoms with Crippen molar-refractivity contribution in [2.75, 3.05) is 18.0 Å². The van der Waals surface area contributed by atoms with Gasteiger partial charge in [-0.05, 0) is 25.0 Å². The van der Waals surface area contributed by atoms with E-state index in [-0.39, 0.29) is 4.90 Å². The van der Waals surface area contributed by atoms with Gasteiger partial charge in [0.25, 0.3) is 0 Å². The van der Waals surface area contributed by atoms with E-state index in [0.717, 1.165) is 32.1 Å². The zero-order chi connectivity index (χ0) is 10.9. The molecular weight excluding hydrogens is 219 g/mol. The first-order valence-corrected chi connectivity index (χ1v) is 6.11. The summed E-state index contributed by atoms with van der Waals surface area (Å²) in [6, 6.07) is 2.79. The Morgan fingerprint density at radius 3 is 2.40 bits per heavy atom. The third-order valence-electron chi connectivity index (χ3n) is 2.43. The van der Waals surface area contributed by atoms with Gasteiger partial charge in [-0.1, -0.05) is 0 Å². The standard InChI is InChI=1S/C9H11FN2O2S/c10-15(13,14)8-3-4-9(11-7-8)12-5-1-2-6-12/h3-4,7H,1-2,5-6H2. The van der Waals surface area contributed by atoms with Gasteiger partial charge in [-0.2, -0.15) is 8.42 Å². The van der Waals surface area contributed by atoms with Crippen LogP contribution >= 0.6 is 0 Å². The lowest BCUT2D eigenvalue weighted by Crippen LogP contribution is -2.18. The largest absolute Gasteiger partial charge is 0.357 e. The first-order chi connectivity index (χ1) is 7.07. The molecule has 6 heteroatoms. The fourth-order valence-corrected chi connectivity index (χ4v) is 2.06. The molecule has 0 aromatic carbocycles. The van der Waals surface area contributed by atoms with Crippen molar-refractivity contribution in [1.29, 1.82) is 0 Å². The molecule has 2 rings (SSSR count). The third kappa shape index (κ3) is 2.26. The van der Waals surface area contributed by atoms with Gasteiger partial charge in [0.2, 0.25) is 0 Å². The molecule has 1 aliphatic heterocycles. The van der Waals surface area contributed by atoms with Crippen LogP contribution in [-0.2, 0) is 10.2 Å². The molecule has 0 amide bonds. The average molecular weight is 230 g/mol. The van der Waals surface area contributed by atoms with Crippen molar-refractivity contribution >= 4 is 16.0 Å². The summed E-state index contributed by atoms with van der Waals surface area (Å²) in [5.74, 6) is 0.708. The zero-order valence-electron chi connectivity index (χ0n) is 8.06. The van der Waals surface area contributed by atoms with Crippen LogP contribution in [-0.4, -0.2) is 26.5 Å². The van der Waals surface area contributed by atoms with Gasteiger partial charge in [-0.15, -0.1) is 3.89 Å². The molecule has 1 fully saturated rings. The summed E-state index contributed by atoms with van der Waals surface area (Å²) in [6.45, 7) is 1.85. The van der Waals surface area contributed by atoms with E-state index in [4.69, 9.17) is 0 Å². The Kier molecular flexibility index (Phi) is 2.60. The predicted octanol–water partition coefficient (Wildman–Crippen LogP) is 1.34. The summed E-state index contributed by atoms with van der Waals surface area (Å²) in [7, 11) is -4.62. The van der Waals surface area contributed by atoms with E-state index in [0.29, 0.717) is 5.82 Å². The fourth-order valence-electron chi connectivity index (χ4n) is 1.65. The summed E-state index contributed by atoms with van der Waals surface area (Å²) in [5.41, 5.74) is 0. The maximum absolute atomic E-state index is 12.5. The van der Waals surface area contributed by atoms with E-state index >= 15 is 0 Å². The zero-order valence-corrected chi connectivity index (χ0v) is 8.87. The highest BCUT2D eigenvalue weighted by molar-refractivity contribution is 7.86. The molecule has 0 N–H and O–H groups in total. The molecule has 0 spiro atoms. The molecule has 0 aliphatic carbocycles. The van der Waals surface area contributed by atoms with Crippen LogP contribution < -0.4 is 4.90 Å². The lowest BCUT2D eigenvalue weighted by Gasteiger charge is -2.15. The third-order valence-corrected chi connectivity index (χ3v) is 3.24. The maximum Gasteiger partial charge on any atom is 0.333 e. The van der Waals surface area contributed by atoms with Gasteiger partial charge in [0.1, 0.15) is 10.7 Å². The molecular formula is C9H11FN2O2S. The summed E-state index contributed by atoms with van der Waals surface area (Å²) in [5, 5.41) is 0. The van der Waals surface area contributed by atoms with Gasteiger partial charge >= 0.3 is 10.2 Å². The summed E-state index contributed by atoms with van der Waals surface area (Å²) < 4.78 is 33.6. The van der Waals surface area contributed by atoms with Gasteiger partial charge in [0, 0.05) is 13.1 Å². The minimum absolute atomic E-state index is 0.384. The van der Waals surface area contributed by atoms with Crippen LogP contribution in [0.25, 0.3) is 0 Å². The van der Waals surface area contributed by atoms with E-state index in [2.05, 4.69) is 9.88 Å². The van der Waals surface area contributed by atoms with Crippen molar-refractivity contribution in [2.24, 2.45) is 0 Å². The fraction of sp³-hybridized carbons (Fsp3) is 0.444. The molecule has 0 saturated carbocycles. The van der Waals surface area contributed by atoms with E-state index in [9.17, 15) is 12.3 Å². The molecule has 1 aliphatic rings. The predicted molar refractivity (Wildman–Crippen MR) is 54.0 cm³/mol. The minimum Gasteiger partial charge on any atom is -0.357 e. The van der Waals surface area contributed by atoms with Crippen LogP contribution in [0.2, 0.25) is 0 Å². The van der Waals surface area contributed by atoms with Gasteiger partial charge < -0.3 is 4.90 Å². The quantitative estimate of drug-likeness (QED) is 0.719. The van der Waals surface area contributed by atoms with Gasteiger partial charge in [-0.25, -0.2) is 4.98 Å². The number of rotatable bonds is 2. The Labute approximate surface area is 88.0 Å². The molecule has 0 radical (unpaired) electrons. The molecule has 1 saturated heterocycles. The lowest BCUT2D eigenvalue weighted by atomic mass is 10.4. The van der Waals surface area contributed by atoms with Crippen molar-refractivity contribution in [2.45, 2.75) is 17.7 Å². The lowest BCUT2D eigenvalue weighted by molar-refractivity contribution is 0.551. The van der Waals surface area contributed by atoms with Crippen LogP contribution in [0.4, 0.5) is 9.70 Å². The summed E-state index contributed by atoms with van der Waals surface area (Å²) >= 11 is 0. The first kappa shape index (κ1) is 10.4. The maximum atomic E-state index is 12.5. The highest BCUT2D eigenvalue weighted by Crippen LogP contribution is 2.19. The molecule has 82 valence electrons. The number of nitrogens with zero attached hydrogens (tertiary/aromatic N) is 2. The van der Waals surface area contributed by atoms with Gasteiger partial charge in [-0.3, -0.25) is 0 Å². The van der Waals surface area contributed by atoms with Crippen molar-refractivity contribution in [3.63, 3.8) is 0 Å². The summed E-state index contributed by atoms with van der Waals surface area (Å²) in [6.07, 6.45) is 3.29. The van der Waals surface area contributed by atoms with Crippen LogP contribution in [0.1, 0.15) is 12.8 Å². The molecule has 2 heterocycles. The van der Waals surface area contributed by atoms with Crippen LogP contribution in [0.5, 0.6) is 0 Å². The molecule has 1 aromatic heterocycles. The normalized spacial score (nSPS) is 17.0. The van der Waals surface area contributed by atoms with Crippen molar-refractivity contribution < 1.29 is 12.3 Å². The van der Waals surface area contributed by atoms with E-state index in [1.807, 2.05) is 0 Å². The van der Waals surface area contributed by atoms with E-state index in [1.54, 1.807) is 0 Å². The average Bonchev–Trinajstić information content (AvgIpc) is 2.69. The Morgan fingerprint density at radius 2 is 1.93 bits per heavy atom. The Hall–Kier alpha value is -1.17. The van der Waals surface area contributed by atoms with Crippen LogP contribution in [0.15, 0.2) is 23.2 Å². The number of halogens is 1. The number of pyridine rings is 1. The van der Waals surface area contributed by atoms with Crippen molar-refractivity contribution in [3.8, 4) is 0 Å². The number of hydrogen-bond donors (Lipinski definition) is 0. The second kappa shape index (κ2) is 3.77. The van der Waals surface area contributed by atoms with E-state index in [1.165, 1.54) is 12.1 Å². The Morgan fingerprint density at radius 1 is 1.27 bits per heavy atom. The molecule has 4 nitrogen and oxygen atoms in total. The van der Waals surface area contributed by atoms with Crippen molar-refractivity contribution in [1.82, 2.24) is 4.98 Å². The minimum atomic E-state index is -4.62. The van der Waals surface area contributed by atoms with Crippen LogP contribution in [0.3, 0.4) is 0 Å². The second-order valence-electron chi connectivity index (χ2n) is 3.48. The van der Waals surface area contributed by atoms with E-state index < -0.39 is 10.2 Å². The molecule has 0 atom stereocenters. The molecule has 1 aromatic rings. The first-order valence-electron chi connectivity index (χ1n) is 4.73. The Bertz CT molecular complexity index is 438. The Balaban J connectivity index is 2.24. The smallest absolute Gasteiger partial charge is 0.333 e. The number of hydrogen-bond acceptors (Lipinski definition) is 4. The van der Waals surface area contributed by atoms with Crippen molar-refractivity contribution in [3.05, 3.63) is 18.3 Å². The summed E-state index contributed by atoms with van der Waals surface area (Å²) in [4.78, 5) is 5.60. The molecule has 0 unspecified atom stereocenters.